The summed E-state index contributed by atoms with van der Waals surface area (Å²) >= 11 is 7.66. The predicted octanol–water partition coefficient (Wildman–Crippen LogP) is 2.39. The van der Waals surface area contributed by atoms with Gasteiger partial charge in [-0.1, -0.05) is 24.0 Å². The normalized spacial score (nSPS) is 13.8. The first-order valence-corrected chi connectivity index (χ1v) is 10.2. The molecule has 1 aromatic rings. The molecule has 1 amide bonds. The summed E-state index contributed by atoms with van der Waals surface area (Å²) in [5.41, 5.74) is 0.801. The van der Waals surface area contributed by atoms with E-state index in [1.807, 2.05) is 11.0 Å². The van der Waals surface area contributed by atoms with Gasteiger partial charge in [-0.25, -0.2) is 4.79 Å². The van der Waals surface area contributed by atoms with E-state index in [4.69, 9.17) is 21.7 Å². The Hall–Kier alpha value is -1.67. The summed E-state index contributed by atoms with van der Waals surface area (Å²) in [6, 6.07) is 2.04. The predicted molar refractivity (Wildman–Crippen MR) is 106 cm³/mol. The van der Waals surface area contributed by atoms with Crippen molar-refractivity contribution in [2.45, 2.75) is 13.8 Å². The molecule has 1 aromatic heterocycles. The summed E-state index contributed by atoms with van der Waals surface area (Å²) < 4.78 is 10.9. The van der Waals surface area contributed by atoms with E-state index in [0.29, 0.717) is 33.0 Å². The van der Waals surface area contributed by atoms with Gasteiger partial charge < -0.3 is 19.7 Å². The quantitative estimate of drug-likeness (QED) is 0.581. The Morgan fingerprint density at radius 1 is 1.46 bits per heavy atom. The van der Waals surface area contributed by atoms with Gasteiger partial charge in [-0.2, -0.15) is 5.26 Å². The summed E-state index contributed by atoms with van der Waals surface area (Å²) in [6.45, 7) is 6.32. The number of hydrogen-bond donors (Lipinski definition) is 1. The first-order valence-electron chi connectivity index (χ1n) is 7.97. The summed E-state index contributed by atoms with van der Waals surface area (Å²) in [7, 11) is 0. The van der Waals surface area contributed by atoms with Crippen LogP contribution in [0, 0.1) is 18.3 Å². The zero-order chi connectivity index (χ0) is 19.1. The maximum Gasteiger partial charge on any atom is 0.348 e. The van der Waals surface area contributed by atoms with Crippen molar-refractivity contribution in [1.29, 1.82) is 5.26 Å². The van der Waals surface area contributed by atoms with Crippen LogP contribution in [0.3, 0.4) is 0 Å². The first-order chi connectivity index (χ1) is 12.5. The number of carbonyl (C=O) groups excluding carboxylic acids is 2. The number of amides is 1. The van der Waals surface area contributed by atoms with Crippen LogP contribution in [0.5, 0.6) is 0 Å². The van der Waals surface area contributed by atoms with Crippen LogP contribution in [-0.4, -0.2) is 59.8 Å². The molecule has 140 valence electrons. The molecule has 7 nitrogen and oxygen atoms in total. The number of esters is 1. The number of thiocarbonyl (C=S) groups is 1. The lowest BCUT2D eigenvalue weighted by atomic mass is 10.2. The van der Waals surface area contributed by atoms with E-state index < -0.39 is 5.97 Å². The number of rotatable bonds is 5. The van der Waals surface area contributed by atoms with Crippen molar-refractivity contribution < 1.29 is 19.1 Å². The number of nitrogens with one attached hydrogen (secondary N) is 1. The van der Waals surface area contributed by atoms with E-state index in [2.05, 4.69) is 5.32 Å². The maximum absolute atomic E-state index is 12.2. The lowest BCUT2D eigenvalue weighted by molar-refractivity contribution is -0.113. The molecule has 0 aliphatic carbocycles. The Labute approximate surface area is 165 Å². The molecule has 0 bridgehead atoms. The van der Waals surface area contributed by atoms with E-state index in [9.17, 15) is 14.9 Å². The molecule has 1 aliphatic heterocycles. The lowest BCUT2D eigenvalue weighted by Gasteiger charge is -2.28. The highest BCUT2D eigenvalue weighted by atomic mass is 32.2. The minimum absolute atomic E-state index is 0.132. The molecule has 0 atom stereocenters. The Kier molecular flexibility index (Phi) is 7.84. The highest BCUT2D eigenvalue weighted by molar-refractivity contribution is 8.23. The molecule has 2 heterocycles. The summed E-state index contributed by atoms with van der Waals surface area (Å²) in [5, 5.41) is 12.4. The second kappa shape index (κ2) is 9.87. The standard InChI is InChI=1S/C16H19N3O4S3/c1-3-23-15(21)13-10(2)11(8-17)14(26-13)18-12(20)9-25-16(24)19-4-6-22-7-5-19/h3-7,9H2,1-2H3,(H,18,20). The van der Waals surface area contributed by atoms with Gasteiger partial charge in [0.1, 0.15) is 20.3 Å². The third-order valence-electron chi connectivity index (χ3n) is 3.57. The Morgan fingerprint density at radius 3 is 2.77 bits per heavy atom. The number of morpholine rings is 1. The van der Waals surface area contributed by atoms with Crippen molar-refractivity contribution in [1.82, 2.24) is 4.90 Å². The second-order valence-corrected chi connectivity index (χ2v) is 7.92. The Morgan fingerprint density at radius 2 is 2.15 bits per heavy atom. The van der Waals surface area contributed by atoms with Crippen LogP contribution in [0.2, 0.25) is 0 Å². The molecule has 0 aromatic carbocycles. The van der Waals surface area contributed by atoms with Gasteiger partial charge in [0.2, 0.25) is 5.91 Å². The van der Waals surface area contributed by atoms with E-state index in [1.54, 1.807) is 13.8 Å². The van der Waals surface area contributed by atoms with Gasteiger partial charge in [0.15, 0.2) is 0 Å². The second-order valence-electron chi connectivity index (χ2n) is 5.29. The summed E-state index contributed by atoms with van der Waals surface area (Å²) in [6.07, 6.45) is 0. The summed E-state index contributed by atoms with van der Waals surface area (Å²) in [4.78, 5) is 26.5. The van der Waals surface area contributed by atoms with Gasteiger partial charge in [-0.05, 0) is 19.4 Å². The van der Waals surface area contributed by atoms with Crippen LogP contribution in [0.25, 0.3) is 0 Å². The number of ether oxygens (including phenoxy) is 2. The number of anilines is 1. The van der Waals surface area contributed by atoms with Crippen LogP contribution in [0.4, 0.5) is 5.00 Å². The van der Waals surface area contributed by atoms with Gasteiger partial charge >= 0.3 is 5.97 Å². The molecule has 1 fully saturated rings. The van der Waals surface area contributed by atoms with Crippen molar-refractivity contribution in [3.05, 3.63) is 16.0 Å². The largest absolute Gasteiger partial charge is 0.462 e. The monoisotopic (exact) mass is 413 g/mol. The molecule has 0 saturated carbocycles. The van der Waals surface area contributed by atoms with Crippen LogP contribution >= 0.6 is 35.3 Å². The zero-order valence-corrected chi connectivity index (χ0v) is 16.9. The molecule has 2 rings (SSSR count). The van der Waals surface area contributed by atoms with Crippen LogP contribution < -0.4 is 5.32 Å². The third kappa shape index (κ3) is 5.17. The molecule has 10 heteroatoms. The molecule has 0 unspecified atom stereocenters. The average Bonchev–Trinajstić information content (AvgIpc) is 2.95. The molecular weight excluding hydrogens is 394 g/mol. The Balaban J connectivity index is 1.97. The number of thiophene rings is 1. The van der Waals surface area contributed by atoms with Gasteiger partial charge in [0.05, 0.1) is 31.1 Å². The van der Waals surface area contributed by atoms with Crippen LogP contribution in [0.1, 0.15) is 27.7 Å². The fourth-order valence-electron chi connectivity index (χ4n) is 2.25. The van der Waals surface area contributed by atoms with Gasteiger partial charge in [0.25, 0.3) is 0 Å². The molecule has 1 aliphatic rings. The SMILES string of the molecule is CCOC(=O)c1sc(NC(=O)CSC(=S)N2CCOCC2)c(C#N)c1C. The van der Waals surface area contributed by atoms with Crippen LogP contribution in [0.15, 0.2) is 0 Å². The third-order valence-corrected chi connectivity index (χ3v) is 6.28. The van der Waals surface area contributed by atoms with Gasteiger partial charge in [-0.3, -0.25) is 4.79 Å². The van der Waals surface area contributed by atoms with Gasteiger partial charge in [0, 0.05) is 13.1 Å². The highest BCUT2D eigenvalue weighted by Gasteiger charge is 2.22. The maximum atomic E-state index is 12.2. The first kappa shape index (κ1) is 20.6. The van der Waals surface area contributed by atoms with Crippen molar-refractivity contribution in [3.63, 3.8) is 0 Å². The Bertz CT molecular complexity index is 736. The van der Waals surface area contributed by atoms with Crippen molar-refractivity contribution >= 4 is 56.5 Å². The van der Waals surface area contributed by atoms with E-state index >= 15 is 0 Å². The smallest absolute Gasteiger partial charge is 0.348 e. The topological polar surface area (TPSA) is 91.7 Å². The van der Waals surface area contributed by atoms with Gasteiger partial charge in [-0.15, -0.1) is 11.3 Å². The van der Waals surface area contributed by atoms with E-state index in [1.165, 1.54) is 11.8 Å². The number of thioether (sulfide) groups is 1. The van der Waals surface area contributed by atoms with E-state index in [-0.39, 0.29) is 23.8 Å². The molecule has 1 saturated heterocycles. The lowest BCUT2D eigenvalue weighted by Crippen LogP contribution is -2.39. The summed E-state index contributed by atoms with van der Waals surface area (Å²) in [5.74, 6) is -0.638. The average molecular weight is 414 g/mol. The molecule has 0 spiro atoms. The highest BCUT2D eigenvalue weighted by Crippen LogP contribution is 2.33. The number of carbonyl (C=O) groups is 2. The molecule has 1 N–H and O–H groups in total. The number of nitriles is 1. The van der Waals surface area contributed by atoms with Crippen LogP contribution in [-0.2, 0) is 14.3 Å². The zero-order valence-electron chi connectivity index (χ0n) is 14.5. The molecule has 0 radical (unpaired) electrons. The van der Waals surface area contributed by atoms with Crippen molar-refractivity contribution in [2.75, 3.05) is 44.0 Å². The number of hydrogen-bond acceptors (Lipinski definition) is 8. The fraction of sp³-hybridized carbons (Fsp3) is 0.500. The molecular formula is C16H19N3O4S3. The number of nitrogens with zero attached hydrogens (tertiary/aromatic N) is 2. The molecule has 26 heavy (non-hydrogen) atoms. The van der Waals surface area contributed by atoms with E-state index in [0.717, 1.165) is 24.4 Å². The van der Waals surface area contributed by atoms with Crippen molar-refractivity contribution in [3.8, 4) is 6.07 Å². The van der Waals surface area contributed by atoms with Crippen molar-refractivity contribution in [2.24, 2.45) is 0 Å². The fourth-order valence-corrected chi connectivity index (χ4v) is 4.37. The minimum atomic E-state index is -0.491. The minimum Gasteiger partial charge on any atom is -0.462 e.